The molecule has 0 aliphatic carbocycles. The molecule has 2 atom stereocenters. The van der Waals surface area contributed by atoms with Crippen LogP contribution in [-0.4, -0.2) is 48.0 Å². The van der Waals surface area contributed by atoms with Crippen molar-refractivity contribution in [2.75, 3.05) is 17.8 Å². The Hall–Kier alpha value is -1.33. The molecule has 10 heteroatoms. The van der Waals surface area contributed by atoms with Gasteiger partial charge >= 0.3 is 10.2 Å². The van der Waals surface area contributed by atoms with Crippen LogP contribution >= 0.6 is 22.7 Å². The molecule has 1 aliphatic heterocycles. The summed E-state index contributed by atoms with van der Waals surface area (Å²) in [5.74, 6) is 0. The molecule has 0 spiro atoms. The summed E-state index contributed by atoms with van der Waals surface area (Å²) < 4.78 is 37.1. The number of thiazole rings is 2. The maximum absolute atomic E-state index is 12.7. The lowest BCUT2D eigenvalue weighted by Gasteiger charge is -2.34. The molecule has 1 saturated heterocycles. The highest BCUT2D eigenvalue weighted by atomic mass is 32.2. The number of fused-ring (bicyclic) bond motifs is 3. The molecule has 4 rings (SSSR count). The molecule has 0 bridgehead atoms. The smallest absolute Gasteiger partial charge is 0.303 e. The van der Waals surface area contributed by atoms with Crippen LogP contribution in [0.25, 0.3) is 20.4 Å². The fraction of sp³-hybridized carbons (Fsp3) is 0.467. The van der Waals surface area contributed by atoms with Gasteiger partial charge in [-0.3, -0.25) is 0 Å². The minimum atomic E-state index is -3.66. The summed E-state index contributed by atoms with van der Waals surface area (Å²) in [4.78, 5) is 8.91. The maximum atomic E-state index is 12.7. The first-order valence-corrected chi connectivity index (χ1v) is 11.0. The van der Waals surface area contributed by atoms with Crippen LogP contribution < -0.4 is 4.72 Å². The zero-order valence-electron chi connectivity index (χ0n) is 14.0. The third-order valence-electron chi connectivity index (χ3n) is 3.96. The molecule has 25 heavy (non-hydrogen) atoms. The van der Waals surface area contributed by atoms with Gasteiger partial charge in [0, 0.05) is 13.1 Å². The van der Waals surface area contributed by atoms with Crippen molar-refractivity contribution in [1.29, 1.82) is 0 Å². The number of rotatable bonds is 3. The molecule has 3 heterocycles. The summed E-state index contributed by atoms with van der Waals surface area (Å²) in [7, 11) is -3.66. The van der Waals surface area contributed by atoms with Crippen molar-refractivity contribution in [3.8, 4) is 0 Å². The van der Waals surface area contributed by atoms with E-state index in [2.05, 4.69) is 14.7 Å². The van der Waals surface area contributed by atoms with E-state index in [0.717, 1.165) is 25.4 Å². The first-order valence-electron chi connectivity index (χ1n) is 7.92. The van der Waals surface area contributed by atoms with Crippen molar-refractivity contribution in [1.82, 2.24) is 14.3 Å². The monoisotopic (exact) mass is 398 g/mol. The number of hydrogen-bond donors (Lipinski definition) is 1. The number of morpholine rings is 1. The standard InChI is InChI=1S/C15H18N4O3S3/c1-8-6-19(7-9(2)22-8)25(20,21)18-15-17-12-5-4-11-13(14(12)24-15)23-10(3)16-11/h4-5,8-9H,6-7H2,1-3H3,(H,17,18). The fourth-order valence-electron chi connectivity index (χ4n) is 3.03. The molecule has 1 N–H and O–H groups in total. The van der Waals surface area contributed by atoms with Crippen LogP contribution in [0.4, 0.5) is 5.13 Å². The number of nitrogens with one attached hydrogen (secondary N) is 1. The Morgan fingerprint density at radius 1 is 1.12 bits per heavy atom. The lowest BCUT2D eigenvalue weighted by Crippen LogP contribution is -2.49. The first kappa shape index (κ1) is 17.1. The van der Waals surface area contributed by atoms with Crippen molar-refractivity contribution in [3.63, 3.8) is 0 Å². The number of hydrogen-bond acceptors (Lipinski definition) is 7. The van der Waals surface area contributed by atoms with Crippen LogP contribution in [0.15, 0.2) is 12.1 Å². The third kappa shape index (κ3) is 3.24. The van der Waals surface area contributed by atoms with Gasteiger partial charge in [-0.15, -0.1) is 11.3 Å². The lowest BCUT2D eigenvalue weighted by atomic mass is 10.3. The number of nitrogens with zero attached hydrogens (tertiary/aromatic N) is 3. The zero-order chi connectivity index (χ0) is 17.8. The SMILES string of the molecule is Cc1nc2ccc3nc(NS(=O)(=O)N4CC(C)OC(C)C4)sc3c2s1. The average Bonchev–Trinajstić information content (AvgIpc) is 3.07. The van der Waals surface area contributed by atoms with Gasteiger partial charge in [0.15, 0.2) is 5.13 Å². The van der Waals surface area contributed by atoms with Crippen molar-refractivity contribution in [2.24, 2.45) is 0 Å². The van der Waals surface area contributed by atoms with Crippen LogP contribution in [0.3, 0.4) is 0 Å². The van der Waals surface area contributed by atoms with E-state index in [1.807, 2.05) is 32.9 Å². The second kappa shape index (κ2) is 6.13. The third-order valence-corrected chi connectivity index (χ3v) is 7.66. The number of benzene rings is 1. The maximum Gasteiger partial charge on any atom is 0.303 e. The van der Waals surface area contributed by atoms with Gasteiger partial charge in [0.25, 0.3) is 0 Å². The average molecular weight is 399 g/mol. The Labute approximate surface area is 153 Å². The Morgan fingerprint density at radius 3 is 2.40 bits per heavy atom. The summed E-state index contributed by atoms with van der Waals surface area (Å²) >= 11 is 2.94. The summed E-state index contributed by atoms with van der Waals surface area (Å²) in [5, 5.41) is 1.36. The second-order valence-electron chi connectivity index (χ2n) is 6.20. The Balaban J connectivity index is 1.66. The molecule has 0 radical (unpaired) electrons. The Morgan fingerprint density at radius 2 is 1.72 bits per heavy atom. The molecule has 3 aromatic rings. The van der Waals surface area contributed by atoms with E-state index >= 15 is 0 Å². The molecule has 0 saturated carbocycles. The fourth-order valence-corrected chi connectivity index (χ4v) is 6.58. The predicted octanol–water partition coefficient (Wildman–Crippen LogP) is 2.98. The number of anilines is 1. The molecule has 2 aromatic heterocycles. The molecular formula is C15H18N4O3S3. The van der Waals surface area contributed by atoms with E-state index < -0.39 is 10.2 Å². The number of ether oxygens (including phenoxy) is 1. The predicted molar refractivity (Wildman–Crippen MR) is 102 cm³/mol. The van der Waals surface area contributed by atoms with Gasteiger partial charge in [0.05, 0.1) is 37.6 Å². The molecule has 1 aromatic carbocycles. The summed E-state index contributed by atoms with van der Waals surface area (Å²) in [5.41, 5.74) is 1.70. The molecule has 1 fully saturated rings. The van der Waals surface area contributed by atoms with Crippen LogP contribution in [0.2, 0.25) is 0 Å². The van der Waals surface area contributed by atoms with Crippen LogP contribution in [-0.2, 0) is 14.9 Å². The molecule has 2 unspecified atom stereocenters. The van der Waals surface area contributed by atoms with Gasteiger partial charge in [0.2, 0.25) is 0 Å². The van der Waals surface area contributed by atoms with Crippen molar-refractivity contribution in [2.45, 2.75) is 33.0 Å². The highest BCUT2D eigenvalue weighted by Crippen LogP contribution is 2.36. The largest absolute Gasteiger partial charge is 0.373 e. The highest BCUT2D eigenvalue weighted by molar-refractivity contribution is 7.90. The van der Waals surface area contributed by atoms with Gasteiger partial charge in [-0.2, -0.15) is 12.7 Å². The summed E-state index contributed by atoms with van der Waals surface area (Å²) in [6.45, 7) is 6.38. The Kier molecular flexibility index (Phi) is 4.19. The van der Waals surface area contributed by atoms with Crippen molar-refractivity contribution < 1.29 is 13.2 Å². The minimum Gasteiger partial charge on any atom is -0.373 e. The van der Waals surface area contributed by atoms with Crippen molar-refractivity contribution >= 4 is 58.4 Å². The first-order chi connectivity index (χ1) is 11.8. The van der Waals surface area contributed by atoms with E-state index in [1.165, 1.54) is 15.6 Å². The zero-order valence-corrected chi connectivity index (χ0v) is 16.5. The van der Waals surface area contributed by atoms with Crippen LogP contribution in [0.1, 0.15) is 18.9 Å². The molecule has 7 nitrogen and oxygen atoms in total. The van der Waals surface area contributed by atoms with Gasteiger partial charge in [-0.05, 0) is 32.9 Å². The molecule has 0 amide bonds. The summed E-state index contributed by atoms with van der Waals surface area (Å²) in [6.07, 6.45) is -0.258. The number of aromatic nitrogens is 2. The van der Waals surface area contributed by atoms with Crippen LogP contribution in [0, 0.1) is 6.92 Å². The van der Waals surface area contributed by atoms with Gasteiger partial charge < -0.3 is 4.74 Å². The molecule has 1 aliphatic rings. The van der Waals surface area contributed by atoms with Gasteiger partial charge in [0.1, 0.15) is 0 Å². The van der Waals surface area contributed by atoms with Gasteiger partial charge in [-0.1, -0.05) is 11.3 Å². The van der Waals surface area contributed by atoms with Crippen molar-refractivity contribution in [3.05, 3.63) is 17.1 Å². The van der Waals surface area contributed by atoms with E-state index in [0.29, 0.717) is 18.2 Å². The molecule has 134 valence electrons. The minimum absolute atomic E-state index is 0.129. The van der Waals surface area contributed by atoms with E-state index in [-0.39, 0.29) is 12.2 Å². The summed E-state index contributed by atoms with van der Waals surface area (Å²) in [6, 6.07) is 3.80. The second-order valence-corrected chi connectivity index (χ2v) is 10.1. The van der Waals surface area contributed by atoms with Gasteiger partial charge in [-0.25, -0.2) is 14.7 Å². The molecular weight excluding hydrogens is 380 g/mol. The van der Waals surface area contributed by atoms with E-state index in [4.69, 9.17) is 4.74 Å². The Bertz CT molecular complexity index is 1030. The quantitative estimate of drug-likeness (QED) is 0.733. The van der Waals surface area contributed by atoms with Crippen LogP contribution in [0.5, 0.6) is 0 Å². The topological polar surface area (TPSA) is 84.4 Å². The van der Waals surface area contributed by atoms with E-state index in [9.17, 15) is 8.42 Å². The highest BCUT2D eigenvalue weighted by Gasteiger charge is 2.31. The number of aryl methyl sites for hydroxylation is 1. The normalized spacial score (nSPS) is 22.7. The lowest BCUT2D eigenvalue weighted by molar-refractivity contribution is -0.0439. The van der Waals surface area contributed by atoms with E-state index in [1.54, 1.807) is 11.3 Å².